The Balaban J connectivity index is 2.05. The molecule has 1 unspecified atom stereocenters. The van der Waals surface area contributed by atoms with Gasteiger partial charge in [-0.25, -0.2) is 4.98 Å². The maximum Gasteiger partial charge on any atom is 0.273 e. The Bertz CT molecular complexity index is 659. The Morgan fingerprint density at radius 1 is 1.35 bits per heavy atom. The maximum atomic E-state index is 12.9. The van der Waals surface area contributed by atoms with E-state index in [2.05, 4.69) is 11.9 Å². The molecule has 1 aliphatic heterocycles. The Hall–Kier alpha value is -1.84. The third-order valence-corrected chi connectivity index (χ3v) is 4.22. The first kappa shape index (κ1) is 13.2. The number of piperidine rings is 1. The molecule has 4 heteroatoms. The third-order valence-electron chi connectivity index (χ3n) is 4.22. The van der Waals surface area contributed by atoms with Crippen LogP contribution in [0.3, 0.4) is 0 Å². The quantitative estimate of drug-likeness (QED) is 0.799. The summed E-state index contributed by atoms with van der Waals surface area (Å²) in [5, 5.41) is 0. The number of hydrogen-bond donors (Lipinski definition) is 0. The van der Waals surface area contributed by atoms with Crippen LogP contribution in [0.5, 0.6) is 0 Å². The van der Waals surface area contributed by atoms with E-state index in [9.17, 15) is 4.79 Å². The molecular formula is C16H21N3O. The SMILES string of the molecule is Cc1ccn2c(C(=O)N3CCCCC3C)c(C)nc2c1. The van der Waals surface area contributed by atoms with Gasteiger partial charge >= 0.3 is 0 Å². The fraction of sp³-hybridized carbons (Fsp3) is 0.500. The number of imidazole rings is 1. The fourth-order valence-electron chi connectivity index (χ4n) is 3.06. The summed E-state index contributed by atoms with van der Waals surface area (Å²) in [5.41, 5.74) is 3.55. The number of aryl methyl sites for hydroxylation is 2. The van der Waals surface area contributed by atoms with Crippen molar-refractivity contribution in [1.82, 2.24) is 14.3 Å². The summed E-state index contributed by atoms with van der Waals surface area (Å²) in [4.78, 5) is 19.4. The van der Waals surface area contributed by atoms with E-state index >= 15 is 0 Å². The van der Waals surface area contributed by atoms with Crippen LogP contribution >= 0.6 is 0 Å². The number of hydrogen-bond acceptors (Lipinski definition) is 2. The number of carbonyl (C=O) groups is 1. The molecule has 1 amide bonds. The third kappa shape index (κ3) is 2.09. The van der Waals surface area contributed by atoms with E-state index < -0.39 is 0 Å². The van der Waals surface area contributed by atoms with Crippen molar-refractivity contribution in [1.29, 1.82) is 0 Å². The molecular weight excluding hydrogens is 250 g/mol. The Kier molecular flexibility index (Phi) is 3.24. The van der Waals surface area contributed by atoms with Crippen LogP contribution in [-0.2, 0) is 0 Å². The van der Waals surface area contributed by atoms with Gasteiger partial charge in [0.15, 0.2) is 0 Å². The molecule has 1 saturated heterocycles. The van der Waals surface area contributed by atoms with Crippen molar-refractivity contribution in [2.45, 2.75) is 46.1 Å². The lowest BCUT2D eigenvalue weighted by Crippen LogP contribution is -2.42. The number of nitrogens with zero attached hydrogens (tertiary/aromatic N) is 3. The van der Waals surface area contributed by atoms with Gasteiger partial charge in [0.05, 0.1) is 5.69 Å². The lowest BCUT2D eigenvalue weighted by atomic mass is 10.0. The lowest BCUT2D eigenvalue weighted by Gasteiger charge is -2.33. The lowest BCUT2D eigenvalue weighted by molar-refractivity contribution is 0.0627. The summed E-state index contributed by atoms with van der Waals surface area (Å²) in [7, 11) is 0. The molecule has 0 aliphatic carbocycles. The van der Waals surface area contributed by atoms with Gasteiger partial charge in [-0.2, -0.15) is 0 Å². The molecule has 106 valence electrons. The molecule has 4 nitrogen and oxygen atoms in total. The zero-order valence-electron chi connectivity index (χ0n) is 12.4. The average molecular weight is 271 g/mol. The largest absolute Gasteiger partial charge is 0.335 e. The Morgan fingerprint density at radius 3 is 2.90 bits per heavy atom. The van der Waals surface area contributed by atoms with Crippen LogP contribution in [-0.4, -0.2) is 32.8 Å². The van der Waals surface area contributed by atoms with Gasteiger partial charge in [-0.3, -0.25) is 9.20 Å². The number of rotatable bonds is 1. The van der Waals surface area contributed by atoms with Crippen LogP contribution in [0.2, 0.25) is 0 Å². The molecule has 1 fully saturated rings. The molecule has 1 aliphatic rings. The van der Waals surface area contributed by atoms with Crippen molar-refractivity contribution in [3.63, 3.8) is 0 Å². The molecule has 2 aromatic rings. The minimum atomic E-state index is 0.117. The molecule has 0 radical (unpaired) electrons. The average Bonchev–Trinajstić information content (AvgIpc) is 2.73. The number of likely N-dealkylation sites (tertiary alicyclic amines) is 1. The van der Waals surface area contributed by atoms with Gasteiger partial charge in [-0.1, -0.05) is 0 Å². The predicted molar refractivity (Wildman–Crippen MR) is 79.0 cm³/mol. The van der Waals surface area contributed by atoms with E-state index in [0.717, 1.165) is 36.3 Å². The normalized spacial score (nSPS) is 19.6. The van der Waals surface area contributed by atoms with Crippen LogP contribution in [0.4, 0.5) is 0 Å². The van der Waals surface area contributed by atoms with E-state index in [1.807, 2.05) is 41.5 Å². The summed E-state index contributed by atoms with van der Waals surface area (Å²) < 4.78 is 1.92. The van der Waals surface area contributed by atoms with E-state index in [1.54, 1.807) is 0 Å². The zero-order valence-corrected chi connectivity index (χ0v) is 12.4. The van der Waals surface area contributed by atoms with Crippen LogP contribution in [0.25, 0.3) is 5.65 Å². The van der Waals surface area contributed by atoms with Crippen molar-refractivity contribution in [2.24, 2.45) is 0 Å². The van der Waals surface area contributed by atoms with E-state index in [4.69, 9.17) is 0 Å². The summed E-state index contributed by atoms with van der Waals surface area (Å²) in [6, 6.07) is 4.36. The first-order valence-electron chi connectivity index (χ1n) is 7.34. The second-order valence-electron chi connectivity index (χ2n) is 5.82. The van der Waals surface area contributed by atoms with Gasteiger partial charge in [0.25, 0.3) is 5.91 Å². The first-order valence-corrected chi connectivity index (χ1v) is 7.34. The van der Waals surface area contributed by atoms with Crippen molar-refractivity contribution in [3.8, 4) is 0 Å². The highest BCUT2D eigenvalue weighted by Crippen LogP contribution is 2.21. The summed E-state index contributed by atoms with van der Waals surface area (Å²) in [6.45, 7) is 6.96. The standard InChI is InChI=1S/C16H21N3O/c1-11-7-9-19-14(10-11)17-13(3)15(19)16(20)18-8-5-4-6-12(18)2/h7,9-10,12H,4-6,8H2,1-3H3. The fourth-order valence-corrected chi connectivity index (χ4v) is 3.06. The van der Waals surface area contributed by atoms with Gasteiger partial charge < -0.3 is 4.90 Å². The van der Waals surface area contributed by atoms with Gasteiger partial charge in [0, 0.05) is 18.8 Å². The smallest absolute Gasteiger partial charge is 0.273 e. The predicted octanol–water partition coefficient (Wildman–Crippen LogP) is 2.97. The Morgan fingerprint density at radius 2 is 2.15 bits per heavy atom. The molecule has 3 heterocycles. The first-order chi connectivity index (χ1) is 9.58. The van der Waals surface area contributed by atoms with Crippen molar-refractivity contribution < 1.29 is 4.79 Å². The number of amides is 1. The summed E-state index contributed by atoms with van der Waals surface area (Å²) >= 11 is 0. The monoisotopic (exact) mass is 271 g/mol. The molecule has 0 aromatic carbocycles. The second kappa shape index (κ2) is 4.93. The van der Waals surface area contributed by atoms with E-state index in [1.165, 1.54) is 6.42 Å². The maximum absolute atomic E-state index is 12.9. The molecule has 0 N–H and O–H groups in total. The number of pyridine rings is 1. The molecule has 0 bridgehead atoms. The molecule has 0 spiro atoms. The molecule has 2 aromatic heterocycles. The Labute approximate surface area is 119 Å². The topological polar surface area (TPSA) is 37.6 Å². The molecule has 20 heavy (non-hydrogen) atoms. The molecule has 3 rings (SSSR count). The van der Waals surface area contributed by atoms with Crippen LogP contribution < -0.4 is 0 Å². The highest BCUT2D eigenvalue weighted by atomic mass is 16.2. The van der Waals surface area contributed by atoms with E-state index in [-0.39, 0.29) is 5.91 Å². The van der Waals surface area contributed by atoms with Crippen LogP contribution in [0.1, 0.15) is 47.9 Å². The van der Waals surface area contributed by atoms with Gasteiger partial charge in [-0.05, 0) is 57.7 Å². The van der Waals surface area contributed by atoms with Crippen LogP contribution in [0, 0.1) is 13.8 Å². The van der Waals surface area contributed by atoms with Crippen molar-refractivity contribution in [2.75, 3.05) is 6.54 Å². The minimum absolute atomic E-state index is 0.117. The highest BCUT2D eigenvalue weighted by molar-refractivity contribution is 5.95. The summed E-state index contributed by atoms with van der Waals surface area (Å²) in [5.74, 6) is 0.117. The zero-order chi connectivity index (χ0) is 14.3. The molecule has 0 saturated carbocycles. The van der Waals surface area contributed by atoms with Crippen molar-refractivity contribution >= 4 is 11.6 Å². The number of carbonyl (C=O) groups excluding carboxylic acids is 1. The second-order valence-corrected chi connectivity index (χ2v) is 5.82. The molecule has 1 atom stereocenters. The van der Waals surface area contributed by atoms with Gasteiger partial charge in [-0.15, -0.1) is 0 Å². The minimum Gasteiger partial charge on any atom is -0.335 e. The van der Waals surface area contributed by atoms with Gasteiger partial charge in [0.2, 0.25) is 0 Å². The van der Waals surface area contributed by atoms with Crippen molar-refractivity contribution in [3.05, 3.63) is 35.3 Å². The highest BCUT2D eigenvalue weighted by Gasteiger charge is 2.27. The van der Waals surface area contributed by atoms with Gasteiger partial charge in [0.1, 0.15) is 11.3 Å². The van der Waals surface area contributed by atoms with Crippen LogP contribution in [0.15, 0.2) is 18.3 Å². The number of aromatic nitrogens is 2. The van der Waals surface area contributed by atoms with E-state index in [0.29, 0.717) is 11.7 Å². The number of fused-ring (bicyclic) bond motifs is 1. The summed E-state index contributed by atoms with van der Waals surface area (Å²) in [6.07, 6.45) is 5.37.